The fourth-order valence-electron chi connectivity index (χ4n) is 3.24. The van der Waals surface area contributed by atoms with Crippen LogP contribution in [0, 0.1) is 5.92 Å². The first-order valence-electron chi connectivity index (χ1n) is 10.0. The lowest BCUT2D eigenvalue weighted by Crippen LogP contribution is -2.36. The molecule has 0 atom stereocenters. The molecule has 0 aromatic carbocycles. The Balaban J connectivity index is 1.76. The van der Waals surface area contributed by atoms with Crippen molar-refractivity contribution < 1.29 is 14.7 Å². The van der Waals surface area contributed by atoms with Crippen LogP contribution in [-0.2, 0) is 13.1 Å². The Hall–Kier alpha value is -3.76. The van der Waals surface area contributed by atoms with Crippen LogP contribution in [0.15, 0.2) is 29.5 Å². The minimum atomic E-state index is -0.669. The summed E-state index contributed by atoms with van der Waals surface area (Å²) < 4.78 is 2.37. The van der Waals surface area contributed by atoms with E-state index in [2.05, 4.69) is 25.7 Å². The zero-order valence-corrected chi connectivity index (χ0v) is 17.2. The number of fused-ring (bicyclic) bond motifs is 1. The van der Waals surface area contributed by atoms with E-state index in [9.17, 15) is 19.5 Å². The zero-order chi connectivity index (χ0) is 22.1. The van der Waals surface area contributed by atoms with Crippen molar-refractivity contribution in [2.24, 2.45) is 5.92 Å². The van der Waals surface area contributed by atoms with E-state index in [0.717, 1.165) is 17.4 Å². The van der Waals surface area contributed by atoms with E-state index >= 15 is 0 Å². The minimum Gasteiger partial charge on any atom is -0.492 e. The third-order valence-electron chi connectivity index (χ3n) is 4.84. The lowest BCUT2D eigenvalue weighted by atomic mass is 10.2. The second-order valence-electron chi connectivity index (χ2n) is 7.90. The number of aromatic nitrogens is 5. The number of carbonyl (C=O) groups is 2. The topological polar surface area (TPSA) is 144 Å². The third kappa shape index (κ3) is 4.11. The van der Waals surface area contributed by atoms with Crippen LogP contribution >= 0.6 is 0 Å². The predicted molar refractivity (Wildman–Crippen MR) is 110 cm³/mol. The fraction of sp³-hybridized carbons (Fsp3) is 0.400. The van der Waals surface area contributed by atoms with Crippen LogP contribution in [0.1, 0.15) is 53.2 Å². The van der Waals surface area contributed by atoms with Gasteiger partial charge in [0.25, 0.3) is 17.4 Å². The largest absolute Gasteiger partial charge is 0.492 e. The molecule has 162 valence electrons. The molecule has 3 aromatic rings. The van der Waals surface area contributed by atoms with Gasteiger partial charge in [0.05, 0.1) is 12.7 Å². The first-order chi connectivity index (χ1) is 14.9. The molecule has 0 saturated heterocycles. The summed E-state index contributed by atoms with van der Waals surface area (Å²) in [5, 5.41) is 20.2. The van der Waals surface area contributed by atoms with Crippen LogP contribution in [0.2, 0.25) is 0 Å². The van der Waals surface area contributed by atoms with Gasteiger partial charge in [0.1, 0.15) is 11.4 Å². The Morgan fingerprint density at radius 3 is 2.58 bits per heavy atom. The number of hydrogen-bond acceptors (Lipinski definition) is 7. The van der Waals surface area contributed by atoms with Gasteiger partial charge in [-0.1, -0.05) is 13.8 Å². The number of hydrogen-bond donors (Lipinski definition) is 3. The molecule has 3 N–H and O–H groups in total. The summed E-state index contributed by atoms with van der Waals surface area (Å²) in [5.74, 6) is -1.28. The standard InChI is InChI=1S/C20H23N7O4/c1-11(2)10-26-18-13(16(28)23-9-14-21-6-3-7-22-14)8-24-27(18)20(31)15(19(26)30)17(29)25-12-4-5-12/h3,6-8,11-12,31H,4-5,9-10H2,1-2H3,(H,23,28)(H,25,29). The third-order valence-corrected chi connectivity index (χ3v) is 4.84. The van der Waals surface area contributed by atoms with Crippen LogP contribution < -0.4 is 16.2 Å². The van der Waals surface area contributed by atoms with Gasteiger partial charge in [0, 0.05) is 25.0 Å². The molecule has 4 rings (SSSR count). The van der Waals surface area contributed by atoms with Crippen molar-refractivity contribution in [1.29, 1.82) is 0 Å². The predicted octanol–water partition coefficient (Wildman–Crippen LogP) is 0.470. The molecule has 1 saturated carbocycles. The maximum Gasteiger partial charge on any atom is 0.270 e. The molecule has 1 aliphatic carbocycles. The molecule has 2 amide bonds. The van der Waals surface area contributed by atoms with Crippen molar-refractivity contribution in [2.45, 2.75) is 45.8 Å². The lowest BCUT2D eigenvalue weighted by molar-refractivity contribution is 0.0940. The summed E-state index contributed by atoms with van der Waals surface area (Å²) in [6.07, 6.45) is 6.07. The molecule has 1 fully saturated rings. The van der Waals surface area contributed by atoms with Crippen molar-refractivity contribution in [3.8, 4) is 5.88 Å². The first-order valence-corrected chi connectivity index (χ1v) is 10.0. The maximum absolute atomic E-state index is 13.2. The molecule has 3 aromatic heterocycles. The Labute approximate surface area is 177 Å². The second kappa shape index (κ2) is 8.17. The number of rotatable bonds is 7. The quantitative estimate of drug-likeness (QED) is 0.499. The lowest BCUT2D eigenvalue weighted by Gasteiger charge is -2.15. The van der Waals surface area contributed by atoms with Gasteiger partial charge in [-0.25, -0.2) is 9.97 Å². The molecule has 0 aliphatic heterocycles. The molecule has 0 spiro atoms. The van der Waals surface area contributed by atoms with Crippen molar-refractivity contribution in [1.82, 2.24) is 34.8 Å². The number of amides is 2. The normalized spacial score (nSPS) is 13.5. The maximum atomic E-state index is 13.2. The summed E-state index contributed by atoms with van der Waals surface area (Å²) in [7, 11) is 0. The fourth-order valence-corrected chi connectivity index (χ4v) is 3.24. The van der Waals surface area contributed by atoms with E-state index in [1.54, 1.807) is 18.5 Å². The van der Waals surface area contributed by atoms with Gasteiger partial charge < -0.3 is 15.7 Å². The Morgan fingerprint density at radius 1 is 1.23 bits per heavy atom. The van der Waals surface area contributed by atoms with Crippen LogP contribution in [0.4, 0.5) is 0 Å². The number of nitrogens with one attached hydrogen (secondary N) is 2. The molecule has 11 nitrogen and oxygen atoms in total. The van der Waals surface area contributed by atoms with Gasteiger partial charge in [-0.3, -0.25) is 19.0 Å². The molecular formula is C20H23N7O4. The van der Waals surface area contributed by atoms with Crippen LogP contribution in [0.3, 0.4) is 0 Å². The van der Waals surface area contributed by atoms with Crippen molar-refractivity contribution in [3.63, 3.8) is 0 Å². The monoisotopic (exact) mass is 425 g/mol. The Morgan fingerprint density at radius 2 is 1.94 bits per heavy atom. The molecule has 31 heavy (non-hydrogen) atoms. The van der Waals surface area contributed by atoms with E-state index < -0.39 is 23.3 Å². The highest BCUT2D eigenvalue weighted by Gasteiger charge is 2.30. The Bertz CT molecular complexity index is 1200. The van der Waals surface area contributed by atoms with Gasteiger partial charge in [-0.05, 0) is 24.8 Å². The van der Waals surface area contributed by atoms with Gasteiger partial charge in [0.15, 0.2) is 11.2 Å². The van der Waals surface area contributed by atoms with E-state index in [1.807, 2.05) is 13.8 Å². The highest BCUT2D eigenvalue weighted by Crippen LogP contribution is 2.23. The summed E-state index contributed by atoms with van der Waals surface area (Å²) in [4.78, 5) is 46.7. The van der Waals surface area contributed by atoms with E-state index in [4.69, 9.17) is 0 Å². The molecule has 0 bridgehead atoms. The first kappa shape index (κ1) is 20.5. The summed E-state index contributed by atoms with van der Waals surface area (Å²) in [6.45, 7) is 4.13. The average molecular weight is 425 g/mol. The highest BCUT2D eigenvalue weighted by molar-refractivity contribution is 6.01. The van der Waals surface area contributed by atoms with Crippen LogP contribution in [0.5, 0.6) is 5.88 Å². The summed E-state index contributed by atoms with van der Waals surface area (Å²) in [5.41, 5.74) is -0.839. The van der Waals surface area contributed by atoms with Crippen molar-refractivity contribution in [2.75, 3.05) is 0 Å². The molecule has 1 aliphatic rings. The van der Waals surface area contributed by atoms with Gasteiger partial charge >= 0.3 is 0 Å². The molecule has 3 heterocycles. The van der Waals surface area contributed by atoms with E-state index in [1.165, 1.54) is 10.8 Å². The van der Waals surface area contributed by atoms with Gasteiger partial charge in [0.2, 0.25) is 5.88 Å². The Kier molecular flexibility index (Phi) is 5.40. The smallest absolute Gasteiger partial charge is 0.270 e. The number of carbonyl (C=O) groups excluding carboxylic acids is 2. The average Bonchev–Trinajstić information content (AvgIpc) is 3.43. The molecular weight excluding hydrogens is 402 g/mol. The second-order valence-corrected chi connectivity index (χ2v) is 7.90. The summed E-state index contributed by atoms with van der Waals surface area (Å²) >= 11 is 0. The van der Waals surface area contributed by atoms with Gasteiger partial charge in [-0.2, -0.15) is 9.61 Å². The highest BCUT2D eigenvalue weighted by atomic mass is 16.3. The van der Waals surface area contributed by atoms with Crippen LogP contribution in [-0.4, -0.2) is 47.1 Å². The molecule has 11 heteroatoms. The van der Waals surface area contributed by atoms with Gasteiger partial charge in [-0.15, -0.1) is 0 Å². The van der Waals surface area contributed by atoms with E-state index in [-0.39, 0.29) is 41.8 Å². The van der Waals surface area contributed by atoms with Crippen molar-refractivity contribution in [3.05, 3.63) is 52.0 Å². The number of nitrogens with zero attached hydrogens (tertiary/aromatic N) is 5. The van der Waals surface area contributed by atoms with Crippen LogP contribution in [0.25, 0.3) is 5.65 Å². The zero-order valence-electron chi connectivity index (χ0n) is 17.2. The molecule has 0 radical (unpaired) electrons. The number of aromatic hydroxyl groups is 1. The molecule has 0 unspecified atom stereocenters. The SMILES string of the molecule is CC(C)Cn1c(=O)c(C(=O)NC2CC2)c(O)n2ncc(C(=O)NCc3ncccn3)c12. The minimum absolute atomic E-state index is 0.0136. The van der Waals surface area contributed by atoms with Crippen molar-refractivity contribution >= 4 is 17.5 Å². The van der Waals surface area contributed by atoms with E-state index in [0.29, 0.717) is 5.82 Å². The summed E-state index contributed by atoms with van der Waals surface area (Å²) in [6, 6.07) is 1.68.